The molecule has 0 aromatic carbocycles. The first-order valence-electron chi connectivity index (χ1n) is 6.28. The molecule has 84 valence electrons. The molecule has 0 saturated carbocycles. The summed E-state index contributed by atoms with van der Waals surface area (Å²) in [5.41, 5.74) is 5.73. The molecule has 0 spiro atoms. The summed E-state index contributed by atoms with van der Waals surface area (Å²) >= 11 is 0. The summed E-state index contributed by atoms with van der Waals surface area (Å²) in [5.74, 6) is 0. The molecule has 0 atom stereocenters. The van der Waals surface area contributed by atoms with E-state index in [1.54, 1.807) is 11.3 Å². The van der Waals surface area contributed by atoms with Crippen LogP contribution in [0.25, 0.3) is 10.9 Å². The predicted octanol–water partition coefficient (Wildman–Crippen LogP) is 3.24. The zero-order valence-corrected chi connectivity index (χ0v) is 10.1. The Morgan fingerprint density at radius 3 is 2.94 bits per heavy atom. The highest BCUT2D eigenvalue weighted by Gasteiger charge is 2.20. The summed E-state index contributed by atoms with van der Waals surface area (Å²) < 4.78 is 2.48. The molecule has 1 aliphatic rings. The van der Waals surface area contributed by atoms with Gasteiger partial charge in [-0.1, -0.05) is 0 Å². The van der Waals surface area contributed by atoms with E-state index in [0.29, 0.717) is 0 Å². The van der Waals surface area contributed by atoms with Gasteiger partial charge in [0, 0.05) is 29.5 Å². The van der Waals surface area contributed by atoms with Crippen molar-refractivity contribution in [3.05, 3.63) is 29.2 Å². The molecule has 2 nitrogen and oxygen atoms in total. The average molecular weight is 214 g/mol. The third-order valence-electron chi connectivity index (χ3n) is 3.79. The van der Waals surface area contributed by atoms with E-state index < -0.39 is 0 Å². The van der Waals surface area contributed by atoms with Crippen molar-refractivity contribution in [3.8, 4) is 0 Å². The van der Waals surface area contributed by atoms with Crippen LogP contribution in [0.4, 0.5) is 0 Å². The van der Waals surface area contributed by atoms with E-state index in [1.165, 1.54) is 42.3 Å². The lowest BCUT2D eigenvalue weighted by atomic mass is 9.95. The fourth-order valence-corrected chi connectivity index (χ4v) is 3.11. The van der Waals surface area contributed by atoms with Gasteiger partial charge < -0.3 is 4.57 Å². The summed E-state index contributed by atoms with van der Waals surface area (Å²) in [7, 11) is 0. The fourth-order valence-electron chi connectivity index (χ4n) is 3.11. The zero-order valence-electron chi connectivity index (χ0n) is 10.1. The van der Waals surface area contributed by atoms with Crippen LogP contribution < -0.4 is 0 Å². The summed E-state index contributed by atoms with van der Waals surface area (Å²) in [5, 5.41) is 1.43. The highest BCUT2D eigenvalue weighted by Crippen LogP contribution is 2.33. The number of aromatic nitrogens is 2. The largest absolute Gasteiger partial charge is 0.344 e. The Balaban J connectivity index is 2.42. The van der Waals surface area contributed by atoms with Crippen LogP contribution in [0.1, 0.15) is 36.7 Å². The molecule has 0 fully saturated rings. The lowest BCUT2D eigenvalue weighted by Crippen LogP contribution is -2.07. The van der Waals surface area contributed by atoms with E-state index in [9.17, 15) is 0 Å². The van der Waals surface area contributed by atoms with Gasteiger partial charge in [0.05, 0.1) is 5.52 Å². The van der Waals surface area contributed by atoms with Crippen molar-refractivity contribution < 1.29 is 0 Å². The van der Waals surface area contributed by atoms with Crippen molar-refractivity contribution in [3.63, 3.8) is 0 Å². The second kappa shape index (κ2) is 3.62. The van der Waals surface area contributed by atoms with Gasteiger partial charge >= 0.3 is 0 Å². The van der Waals surface area contributed by atoms with Crippen LogP contribution in [-0.4, -0.2) is 9.55 Å². The minimum Gasteiger partial charge on any atom is -0.344 e. The van der Waals surface area contributed by atoms with Gasteiger partial charge in [-0.05, 0) is 51.2 Å². The number of aryl methyl sites for hydroxylation is 3. The number of nitrogens with zero attached hydrogens (tertiary/aromatic N) is 2. The first-order chi connectivity index (χ1) is 7.83. The maximum absolute atomic E-state index is 4.45. The summed E-state index contributed by atoms with van der Waals surface area (Å²) in [6.45, 7) is 5.45. The van der Waals surface area contributed by atoms with Gasteiger partial charge in [-0.25, -0.2) is 0 Å². The second-order valence-electron chi connectivity index (χ2n) is 4.67. The molecule has 0 amide bonds. The molecule has 0 N–H and O–H groups in total. The number of fused-ring (bicyclic) bond motifs is 3. The molecule has 2 aromatic rings. The fraction of sp³-hybridized carbons (Fsp3) is 0.500. The van der Waals surface area contributed by atoms with E-state index in [0.717, 1.165) is 6.54 Å². The molecule has 0 unspecified atom stereocenters. The Morgan fingerprint density at radius 2 is 2.12 bits per heavy atom. The predicted molar refractivity (Wildman–Crippen MR) is 66.8 cm³/mol. The summed E-state index contributed by atoms with van der Waals surface area (Å²) in [4.78, 5) is 4.45. The van der Waals surface area contributed by atoms with E-state index in [1.807, 2.05) is 6.20 Å². The number of pyridine rings is 1. The first-order valence-corrected chi connectivity index (χ1v) is 6.28. The number of hydrogen-bond acceptors (Lipinski definition) is 1. The molecule has 3 rings (SSSR count). The van der Waals surface area contributed by atoms with Crippen molar-refractivity contribution in [2.24, 2.45) is 0 Å². The molecule has 0 aliphatic heterocycles. The minimum absolute atomic E-state index is 1.08. The van der Waals surface area contributed by atoms with Crippen LogP contribution in [0.5, 0.6) is 0 Å². The Labute approximate surface area is 96.3 Å². The normalized spacial score (nSPS) is 15.4. The molecule has 1 aliphatic carbocycles. The molecule has 2 heterocycles. The minimum atomic E-state index is 1.08. The van der Waals surface area contributed by atoms with Gasteiger partial charge in [0.2, 0.25) is 0 Å². The number of rotatable bonds is 1. The van der Waals surface area contributed by atoms with E-state index >= 15 is 0 Å². The Kier molecular flexibility index (Phi) is 2.23. The van der Waals surface area contributed by atoms with Crippen LogP contribution in [0.15, 0.2) is 12.3 Å². The van der Waals surface area contributed by atoms with E-state index in [2.05, 4.69) is 29.5 Å². The van der Waals surface area contributed by atoms with E-state index in [4.69, 9.17) is 0 Å². The number of hydrogen-bond donors (Lipinski definition) is 0. The lowest BCUT2D eigenvalue weighted by Gasteiger charge is -2.14. The highest BCUT2D eigenvalue weighted by atomic mass is 15.0. The van der Waals surface area contributed by atoms with Crippen LogP contribution in [0.3, 0.4) is 0 Å². The molecular weight excluding hydrogens is 196 g/mol. The second-order valence-corrected chi connectivity index (χ2v) is 4.67. The molecule has 2 aromatic heterocycles. The average Bonchev–Trinajstić information content (AvgIpc) is 2.64. The van der Waals surface area contributed by atoms with Crippen LogP contribution in [0.2, 0.25) is 0 Å². The van der Waals surface area contributed by atoms with Gasteiger partial charge in [0.15, 0.2) is 0 Å². The van der Waals surface area contributed by atoms with Gasteiger partial charge in [0.25, 0.3) is 0 Å². The molecular formula is C14H18N2. The zero-order chi connectivity index (χ0) is 11.1. The van der Waals surface area contributed by atoms with Gasteiger partial charge in [-0.3, -0.25) is 4.98 Å². The standard InChI is InChI=1S/C14H18N2/c1-3-16-12-7-5-4-6-11(12)14-10(2)15-9-8-13(14)16/h8-9H,3-7H2,1-2H3. The monoisotopic (exact) mass is 214 g/mol. The molecule has 16 heavy (non-hydrogen) atoms. The molecule has 2 heteroatoms. The Hall–Kier alpha value is -1.31. The van der Waals surface area contributed by atoms with Gasteiger partial charge in [0.1, 0.15) is 0 Å². The SMILES string of the molecule is CCn1c2c(c3c(C)nccc31)CCCC2. The summed E-state index contributed by atoms with van der Waals surface area (Å²) in [6.07, 6.45) is 7.11. The Morgan fingerprint density at radius 1 is 1.31 bits per heavy atom. The first kappa shape index (κ1) is 9.88. The van der Waals surface area contributed by atoms with Crippen LogP contribution in [0, 0.1) is 6.92 Å². The lowest BCUT2D eigenvalue weighted by molar-refractivity contribution is 0.630. The molecule has 0 radical (unpaired) electrons. The summed E-state index contributed by atoms with van der Waals surface area (Å²) in [6, 6.07) is 2.17. The highest BCUT2D eigenvalue weighted by molar-refractivity contribution is 5.87. The van der Waals surface area contributed by atoms with Gasteiger partial charge in [-0.2, -0.15) is 0 Å². The van der Waals surface area contributed by atoms with Crippen molar-refractivity contribution >= 4 is 10.9 Å². The van der Waals surface area contributed by atoms with Crippen molar-refractivity contribution in [2.45, 2.75) is 46.1 Å². The van der Waals surface area contributed by atoms with Gasteiger partial charge in [-0.15, -0.1) is 0 Å². The van der Waals surface area contributed by atoms with E-state index in [-0.39, 0.29) is 0 Å². The quantitative estimate of drug-likeness (QED) is 0.712. The Bertz CT molecular complexity index is 537. The maximum Gasteiger partial charge on any atom is 0.0519 e. The van der Waals surface area contributed by atoms with Crippen molar-refractivity contribution in [2.75, 3.05) is 0 Å². The van der Waals surface area contributed by atoms with Crippen LogP contribution >= 0.6 is 0 Å². The topological polar surface area (TPSA) is 17.8 Å². The maximum atomic E-state index is 4.45. The molecule has 0 saturated heterocycles. The van der Waals surface area contributed by atoms with Crippen LogP contribution in [-0.2, 0) is 19.4 Å². The third kappa shape index (κ3) is 1.22. The third-order valence-corrected chi connectivity index (χ3v) is 3.79. The smallest absolute Gasteiger partial charge is 0.0519 e. The molecule has 0 bridgehead atoms. The van der Waals surface area contributed by atoms with Crippen molar-refractivity contribution in [1.29, 1.82) is 0 Å². The van der Waals surface area contributed by atoms with Crippen molar-refractivity contribution in [1.82, 2.24) is 9.55 Å².